The van der Waals surface area contributed by atoms with Gasteiger partial charge in [0.1, 0.15) is 16.2 Å². The van der Waals surface area contributed by atoms with E-state index in [0.29, 0.717) is 40.9 Å². The first-order valence-corrected chi connectivity index (χ1v) is 10.9. The monoisotopic (exact) mass is 421 g/mol. The van der Waals surface area contributed by atoms with Crippen molar-refractivity contribution < 1.29 is 4.79 Å². The lowest BCUT2D eigenvalue weighted by Crippen LogP contribution is -2.39. The summed E-state index contributed by atoms with van der Waals surface area (Å²) in [5.74, 6) is 0.796. The molecule has 0 aliphatic carbocycles. The van der Waals surface area contributed by atoms with Crippen LogP contribution in [0.5, 0.6) is 0 Å². The van der Waals surface area contributed by atoms with Crippen molar-refractivity contribution in [1.82, 2.24) is 24.4 Å². The fraction of sp³-hybridized carbons (Fsp3) is 0.650. The highest BCUT2D eigenvalue weighted by atomic mass is 32.2. The lowest BCUT2D eigenvalue weighted by atomic mass is 10.2. The topological polar surface area (TPSA) is 98.9 Å². The molecule has 2 aromatic rings. The molecule has 160 valence electrons. The van der Waals surface area contributed by atoms with Crippen LogP contribution in [0.3, 0.4) is 0 Å². The van der Waals surface area contributed by atoms with Crippen LogP contribution >= 0.6 is 11.8 Å². The van der Waals surface area contributed by atoms with Crippen LogP contribution in [0.2, 0.25) is 0 Å². The number of thioether (sulfide) groups is 1. The predicted octanol–water partition coefficient (Wildman–Crippen LogP) is 2.28. The van der Waals surface area contributed by atoms with Gasteiger partial charge in [0.05, 0.1) is 5.25 Å². The third kappa shape index (κ3) is 5.07. The van der Waals surface area contributed by atoms with E-state index in [-0.39, 0.29) is 11.8 Å². The average molecular weight is 422 g/mol. The molecule has 0 aliphatic rings. The fourth-order valence-electron chi connectivity index (χ4n) is 2.79. The van der Waals surface area contributed by atoms with Crippen molar-refractivity contribution in [3.63, 3.8) is 0 Å². The van der Waals surface area contributed by atoms with Crippen LogP contribution < -0.4 is 16.6 Å². The minimum atomic E-state index is -0.442. The zero-order valence-electron chi connectivity index (χ0n) is 18.3. The quantitative estimate of drug-likeness (QED) is 0.519. The number of nitrogens with one attached hydrogen (secondary N) is 1. The molecule has 0 bridgehead atoms. The Morgan fingerprint density at radius 1 is 1.14 bits per heavy atom. The standard InChI is InChI=1S/C20H31N5O3S/c1-8-9-25-16-14(19(27)24(7)20(25)28)18(23-15(22-16)12(4)5)29-13(6)17(26)21-10-11(2)3/h11-13H,8-10H2,1-7H3,(H,21,26). The number of hydrogen-bond donors (Lipinski definition) is 1. The summed E-state index contributed by atoms with van der Waals surface area (Å²) in [4.78, 5) is 47.2. The predicted molar refractivity (Wildman–Crippen MR) is 117 cm³/mol. The van der Waals surface area contributed by atoms with Gasteiger partial charge in [-0.1, -0.05) is 46.4 Å². The summed E-state index contributed by atoms with van der Waals surface area (Å²) < 4.78 is 2.61. The highest BCUT2D eigenvalue weighted by Gasteiger charge is 2.23. The summed E-state index contributed by atoms with van der Waals surface area (Å²) in [6.45, 7) is 12.8. The van der Waals surface area contributed by atoms with Crippen molar-refractivity contribution in [2.75, 3.05) is 6.54 Å². The molecule has 0 saturated carbocycles. The molecule has 9 heteroatoms. The molecular formula is C20H31N5O3S. The van der Waals surface area contributed by atoms with Crippen LogP contribution in [0.4, 0.5) is 0 Å². The Morgan fingerprint density at radius 3 is 2.34 bits per heavy atom. The molecule has 1 N–H and O–H groups in total. The third-order valence-corrected chi connectivity index (χ3v) is 5.56. The molecule has 1 atom stereocenters. The molecule has 2 aromatic heterocycles. The Morgan fingerprint density at radius 2 is 1.79 bits per heavy atom. The van der Waals surface area contributed by atoms with E-state index in [1.54, 1.807) is 6.92 Å². The van der Waals surface area contributed by atoms with Gasteiger partial charge in [-0.05, 0) is 19.3 Å². The number of aryl methyl sites for hydroxylation is 1. The molecule has 1 amide bonds. The Labute approximate surface area is 175 Å². The van der Waals surface area contributed by atoms with Gasteiger partial charge >= 0.3 is 5.69 Å². The smallest absolute Gasteiger partial charge is 0.332 e. The van der Waals surface area contributed by atoms with Gasteiger partial charge in [-0.2, -0.15) is 0 Å². The van der Waals surface area contributed by atoms with Crippen LogP contribution in [0.1, 0.15) is 59.7 Å². The Balaban J connectivity index is 2.66. The van der Waals surface area contributed by atoms with Crippen molar-refractivity contribution >= 4 is 28.7 Å². The fourth-order valence-corrected chi connectivity index (χ4v) is 3.76. The Hall–Kier alpha value is -2.16. The molecule has 0 saturated heterocycles. The zero-order chi connectivity index (χ0) is 21.9. The number of carbonyl (C=O) groups excluding carboxylic acids is 1. The van der Waals surface area contributed by atoms with Gasteiger partial charge in [-0.15, -0.1) is 0 Å². The Kier molecular flexibility index (Phi) is 7.62. The third-order valence-electron chi connectivity index (χ3n) is 4.47. The van der Waals surface area contributed by atoms with E-state index in [4.69, 9.17) is 0 Å². The molecule has 2 rings (SSSR count). The number of nitrogens with zero attached hydrogens (tertiary/aromatic N) is 4. The highest BCUT2D eigenvalue weighted by molar-refractivity contribution is 8.00. The maximum atomic E-state index is 12.9. The van der Waals surface area contributed by atoms with Crippen molar-refractivity contribution in [3.8, 4) is 0 Å². The number of aromatic nitrogens is 4. The number of hydrogen-bond acceptors (Lipinski definition) is 6. The van der Waals surface area contributed by atoms with Crippen molar-refractivity contribution in [2.24, 2.45) is 13.0 Å². The van der Waals surface area contributed by atoms with E-state index in [2.05, 4.69) is 15.3 Å². The molecule has 2 heterocycles. The second kappa shape index (κ2) is 9.56. The van der Waals surface area contributed by atoms with E-state index >= 15 is 0 Å². The first kappa shape index (κ1) is 23.1. The van der Waals surface area contributed by atoms with Gasteiger partial charge in [-0.25, -0.2) is 14.8 Å². The maximum Gasteiger partial charge on any atom is 0.332 e. The Bertz CT molecular complexity index is 1010. The van der Waals surface area contributed by atoms with Crippen LogP contribution in [0, 0.1) is 5.92 Å². The minimum absolute atomic E-state index is 0.0121. The molecule has 0 spiro atoms. The molecule has 0 aromatic carbocycles. The first-order valence-electron chi connectivity index (χ1n) is 10.0. The van der Waals surface area contributed by atoms with Crippen LogP contribution in [0.25, 0.3) is 11.0 Å². The largest absolute Gasteiger partial charge is 0.355 e. The summed E-state index contributed by atoms with van der Waals surface area (Å²) in [7, 11) is 1.46. The van der Waals surface area contributed by atoms with Crippen LogP contribution in [-0.2, 0) is 18.4 Å². The van der Waals surface area contributed by atoms with Gasteiger partial charge in [0.2, 0.25) is 5.91 Å². The number of fused-ring (bicyclic) bond motifs is 1. The highest BCUT2D eigenvalue weighted by Crippen LogP contribution is 2.28. The second-order valence-corrected chi connectivity index (χ2v) is 9.27. The maximum absolute atomic E-state index is 12.9. The van der Waals surface area contributed by atoms with E-state index in [1.807, 2.05) is 34.6 Å². The summed E-state index contributed by atoms with van der Waals surface area (Å²) in [5.41, 5.74) is -0.489. The summed E-state index contributed by atoms with van der Waals surface area (Å²) in [5, 5.41) is 3.20. The van der Waals surface area contributed by atoms with Crippen molar-refractivity contribution in [1.29, 1.82) is 0 Å². The summed E-state index contributed by atoms with van der Waals surface area (Å²) in [6.07, 6.45) is 0.727. The SMILES string of the molecule is CCCn1c(=O)n(C)c(=O)c2c(SC(C)C(=O)NCC(C)C)nc(C(C)C)nc21. The van der Waals surface area contributed by atoms with E-state index in [9.17, 15) is 14.4 Å². The summed E-state index contributed by atoms with van der Waals surface area (Å²) in [6, 6.07) is 0. The second-order valence-electron chi connectivity index (χ2n) is 7.94. The van der Waals surface area contributed by atoms with Gasteiger partial charge in [0.15, 0.2) is 5.65 Å². The van der Waals surface area contributed by atoms with Gasteiger partial charge in [-0.3, -0.25) is 18.7 Å². The van der Waals surface area contributed by atoms with E-state index in [0.717, 1.165) is 11.0 Å². The van der Waals surface area contributed by atoms with Crippen LogP contribution in [0.15, 0.2) is 14.6 Å². The molecule has 8 nitrogen and oxygen atoms in total. The van der Waals surface area contributed by atoms with Crippen molar-refractivity contribution in [2.45, 2.75) is 70.7 Å². The molecule has 0 radical (unpaired) electrons. The van der Waals surface area contributed by atoms with Gasteiger partial charge < -0.3 is 5.32 Å². The molecular weight excluding hydrogens is 390 g/mol. The van der Waals surface area contributed by atoms with E-state index in [1.165, 1.54) is 23.4 Å². The normalized spacial score (nSPS) is 12.7. The lowest BCUT2D eigenvalue weighted by Gasteiger charge is -2.17. The van der Waals surface area contributed by atoms with Gasteiger partial charge in [0, 0.05) is 26.1 Å². The van der Waals surface area contributed by atoms with E-state index < -0.39 is 16.5 Å². The molecule has 0 fully saturated rings. The van der Waals surface area contributed by atoms with Crippen molar-refractivity contribution in [3.05, 3.63) is 26.7 Å². The molecule has 1 unspecified atom stereocenters. The number of amides is 1. The van der Waals surface area contributed by atoms with Gasteiger partial charge in [0.25, 0.3) is 5.56 Å². The number of carbonyl (C=O) groups is 1. The van der Waals surface area contributed by atoms with Crippen LogP contribution in [-0.4, -0.2) is 36.8 Å². The molecule has 0 aliphatic heterocycles. The summed E-state index contributed by atoms with van der Waals surface area (Å²) >= 11 is 1.23. The number of rotatable bonds is 8. The average Bonchev–Trinajstić information content (AvgIpc) is 2.66. The minimum Gasteiger partial charge on any atom is -0.355 e. The molecule has 29 heavy (non-hydrogen) atoms. The lowest BCUT2D eigenvalue weighted by molar-refractivity contribution is -0.120. The zero-order valence-corrected chi connectivity index (χ0v) is 19.1. The first-order chi connectivity index (χ1) is 13.6.